The molecule has 17 heavy (non-hydrogen) atoms. The van der Waals surface area contributed by atoms with Crippen LogP contribution in [-0.4, -0.2) is 49.4 Å². The highest BCUT2D eigenvalue weighted by molar-refractivity contribution is 5.87. The Morgan fingerprint density at radius 2 is 2.18 bits per heavy atom. The molecule has 5 heteroatoms. The summed E-state index contributed by atoms with van der Waals surface area (Å²) in [4.78, 5) is 25.0. The number of nitrogens with zero attached hydrogens (tertiary/aromatic N) is 1. The maximum Gasteiger partial charge on any atom is 0.241 e. The first kappa shape index (κ1) is 14.0. The van der Waals surface area contributed by atoms with Gasteiger partial charge < -0.3 is 15.5 Å². The standard InChI is InChI=1S/C12H23N3O2/c1-4-15(3)10(16)8-14-12(17)11-9(2)6-5-7-13-11/h9,11,13H,4-8H2,1-3H3,(H,14,17). The van der Waals surface area contributed by atoms with Gasteiger partial charge in [-0.1, -0.05) is 6.92 Å². The predicted molar refractivity (Wildman–Crippen MR) is 66.5 cm³/mol. The molecule has 0 saturated carbocycles. The lowest BCUT2D eigenvalue weighted by Crippen LogP contribution is -2.52. The molecular formula is C12H23N3O2. The van der Waals surface area contributed by atoms with Crippen molar-refractivity contribution in [2.75, 3.05) is 26.7 Å². The van der Waals surface area contributed by atoms with Gasteiger partial charge in [0.15, 0.2) is 0 Å². The molecule has 2 atom stereocenters. The van der Waals surface area contributed by atoms with E-state index < -0.39 is 0 Å². The van der Waals surface area contributed by atoms with Crippen molar-refractivity contribution in [3.63, 3.8) is 0 Å². The van der Waals surface area contributed by atoms with Gasteiger partial charge in [-0.3, -0.25) is 9.59 Å². The van der Waals surface area contributed by atoms with E-state index in [0.717, 1.165) is 19.4 Å². The largest absolute Gasteiger partial charge is 0.346 e. The third kappa shape index (κ3) is 4.00. The van der Waals surface area contributed by atoms with Crippen molar-refractivity contribution in [3.05, 3.63) is 0 Å². The van der Waals surface area contributed by atoms with Crippen molar-refractivity contribution in [1.82, 2.24) is 15.5 Å². The molecule has 1 fully saturated rings. The van der Waals surface area contributed by atoms with E-state index in [2.05, 4.69) is 17.6 Å². The summed E-state index contributed by atoms with van der Waals surface area (Å²) in [7, 11) is 1.73. The highest BCUT2D eigenvalue weighted by Gasteiger charge is 2.27. The van der Waals surface area contributed by atoms with Crippen LogP contribution in [0.3, 0.4) is 0 Å². The molecule has 98 valence electrons. The fraction of sp³-hybridized carbons (Fsp3) is 0.833. The van der Waals surface area contributed by atoms with Crippen LogP contribution >= 0.6 is 0 Å². The molecule has 0 spiro atoms. The van der Waals surface area contributed by atoms with Gasteiger partial charge in [-0.15, -0.1) is 0 Å². The molecular weight excluding hydrogens is 218 g/mol. The summed E-state index contributed by atoms with van der Waals surface area (Å²) in [6.07, 6.45) is 2.18. The van der Waals surface area contributed by atoms with Crippen molar-refractivity contribution in [1.29, 1.82) is 0 Å². The average Bonchev–Trinajstić information content (AvgIpc) is 2.35. The number of carbonyl (C=O) groups is 2. The number of hydrogen-bond acceptors (Lipinski definition) is 3. The SMILES string of the molecule is CCN(C)C(=O)CNC(=O)C1NCCCC1C. The Bertz CT molecular complexity index is 281. The average molecular weight is 241 g/mol. The number of likely N-dealkylation sites (N-methyl/N-ethyl adjacent to an activating group) is 1. The smallest absolute Gasteiger partial charge is 0.241 e. The summed E-state index contributed by atoms with van der Waals surface area (Å²) in [6.45, 7) is 5.60. The lowest BCUT2D eigenvalue weighted by atomic mass is 9.92. The monoisotopic (exact) mass is 241 g/mol. The van der Waals surface area contributed by atoms with Crippen molar-refractivity contribution in [2.24, 2.45) is 5.92 Å². The second kappa shape index (κ2) is 6.59. The fourth-order valence-electron chi connectivity index (χ4n) is 1.98. The highest BCUT2D eigenvalue weighted by atomic mass is 16.2. The summed E-state index contributed by atoms with van der Waals surface area (Å²) < 4.78 is 0. The van der Waals surface area contributed by atoms with Crippen molar-refractivity contribution in [3.8, 4) is 0 Å². The van der Waals surface area contributed by atoms with Gasteiger partial charge in [0.2, 0.25) is 11.8 Å². The molecule has 0 aromatic carbocycles. The maximum atomic E-state index is 11.9. The van der Waals surface area contributed by atoms with Crippen LogP contribution in [0.1, 0.15) is 26.7 Å². The van der Waals surface area contributed by atoms with Crippen LogP contribution in [0.2, 0.25) is 0 Å². The summed E-state index contributed by atoms with van der Waals surface area (Å²) in [5.41, 5.74) is 0. The second-order valence-electron chi connectivity index (χ2n) is 4.68. The van der Waals surface area contributed by atoms with Crippen LogP contribution in [0.4, 0.5) is 0 Å². The van der Waals surface area contributed by atoms with Gasteiger partial charge in [0.1, 0.15) is 0 Å². The topological polar surface area (TPSA) is 61.4 Å². The number of amides is 2. The molecule has 1 rings (SSSR count). The molecule has 1 saturated heterocycles. The number of nitrogens with one attached hydrogen (secondary N) is 2. The molecule has 0 radical (unpaired) electrons. The Labute approximate surface area is 103 Å². The quantitative estimate of drug-likeness (QED) is 0.726. The van der Waals surface area contributed by atoms with Crippen molar-refractivity contribution >= 4 is 11.8 Å². The van der Waals surface area contributed by atoms with Gasteiger partial charge >= 0.3 is 0 Å². The Balaban J connectivity index is 2.36. The molecule has 0 aliphatic carbocycles. The maximum absolute atomic E-state index is 11.9. The summed E-state index contributed by atoms with van der Waals surface area (Å²) in [5, 5.41) is 5.90. The van der Waals surface area contributed by atoms with Crippen molar-refractivity contribution < 1.29 is 9.59 Å². The number of piperidine rings is 1. The minimum Gasteiger partial charge on any atom is -0.346 e. The van der Waals surface area contributed by atoms with Gasteiger partial charge in [-0.05, 0) is 32.2 Å². The van der Waals surface area contributed by atoms with Crippen LogP contribution in [0.25, 0.3) is 0 Å². The summed E-state index contributed by atoms with van der Waals surface area (Å²) in [6, 6.07) is -0.150. The molecule has 5 nitrogen and oxygen atoms in total. The lowest BCUT2D eigenvalue weighted by molar-refractivity contribution is -0.132. The van der Waals surface area contributed by atoms with E-state index in [1.54, 1.807) is 11.9 Å². The molecule has 1 heterocycles. The zero-order chi connectivity index (χ0) is 12.8. The lowest BCUT2D eigenvalue weighted by Gasteiger charge is -2.29. The molecule has 2 amide bonds. The molecule has 2 unspecified atom stereocenters. The Kier molecular flexibility index (Phi) is 5.41. The van der Waals surface area contributed by atoms with E-state index >= 15 is 0 Å². The van der Waals surface area contributed by atoms with Crippen LogP contribution in [0.15, 0.2) is 0 Å². The second-order valence-corrected chi connectivity index (χ2v) is 4.68. The first-order chi connectivity index (χ1) is 8.06. The Morgan fingerprint density at radius 3 is 2.76 bits per heavy atom. The zero-order valence-electron chi connectivity index (χ0n) is 11.0. The minimum absolute atomic E-state index is 0.0516. The van der Waals surface area contributed by atoms with Crippen LogP contribution in [0.5, 0.6) is 0 Å². The Hall–Kier alpha value is -1.10. The van der Waals surface area contributed by atoms with E-state index in [-0.39, 0.29) is 24.4 Å². The van der Waals surface area contributed by atoms with E-state index in [4.69, 9.17) is 0 Å². The predicted octanol–water partition coefficient (Wildman–Crippen LogP) is -0.0310. The molecule has 1 aliphatic heterocycles. The van der Waals surface area contributed by atoms with E-state index in [1.165, 1.54) is 0 Å². The van der Waals surface area contributed by atoms with Crippen LogP contribution in [-0.2, 0) is 9.59 Å². The van der Waals surface area contributed by atoms with Crippen LogP contribution < -0.4 is 10.6 Å². The fourth-order valence-corrected chi connectivity index (χ4v) is 1.98. The van der Waals surface area contributed by atoms with E-state index in [0.29, 0.717) is 12.5 Å². The van der Waals surface area contributed by atoms with Gasteiger partial charge in [0, 0.05) is 13.6 Å². The Morgan fingerprint density at radius 1 is 1.47 bits per heavy atom. The summed E-state index contributed by atoms with van der Waals surface area (Å²) >= 11 is 0. The third-order valence-corrected chi connectivity index (χ3v) is 3.37. The van der Waals surface area contributed by atoms with E-state index in [9.17, 15) is 9.59 Å². The van der Waals surface area contributed by atoms with Crippen LogP contribution in [0, 0.1) is 5.92 Å². The number of rotatable bonds is 4. The minimum atomic E-state index is -0.150. The molecule has 0 bridgehead atoms. The normalized spacial score (nSPS) is 24.2. The molecule has 1 aliphatic rings. The van der Waals surface area contributed by atoms with Gasteiger partial charge in [0.25, 0.3) is 0 Å². The molecule has 2 N–H and O–H groups in total. The van der Waals surface area contributed by atoms with Gasteiger partial charge in [-0.2, -0.15) is 0 Å². The first-order valence-corrected chi connectivity index (χ1v) is 6.31. The third-order valence-electron chi connectivity index (χ3n) is 3.37. The van der Waals surface area contributed by atoms with Gasteiger partial charge in [-0.25, -0.2) is 0 Å². The van der Waals surface area contributed by atoms with Gasteiger partial charge in [0.05, 0.1) is 12.6 Å². The highest BCUT2D eigenvalue weighted by Crippen LogP contribution is 2.15. The zero-order valence-corrected chi connectivity index (χ0v) is 11.0. The number of carbonyl (C=O) groups excluding carboxylic acids is 2. The molecule has 0 aromatic rings. The first-order valence-electron chi connectivity index (χ1n) is 6.31. The molecule has 0 aromatic heterocycles. The van der Waals surface area contributed by atoms with E-state index in [1.807, 2.05) is 6.92 Å². The summed E-state index contributed by atoms with van der Waals surface area (Å²) in [5.74, 6) is 0.224. The number of hydrogen-bond donors (Lipinski definition) is 2. The van der Waals surface area contributed by atoms with Crippen molar-refractivity contribution in [2.45, 2.75) is 32.7 Å².